The lowest BCUT2D eigenvalue weighted by atomic mass is 10.0. The van der Waals surface area contributed by atoms with Gasteiger partial charge in [0, 0.05) is 0 Å². The van der Waals surface area contributed by atoms with Crippen molar-refractivity contribution in [2.45, 2.75) is 19.1 Å². The monoisotopic (exact) mass is 249 g/mol. The second-order valence-corrected chi connectivity index (χ2v) is 3.09. The maximum Gasteiger partial charge on any atom is 0.416 e. The van der Waals surface area contributed by atoms with Crippen LogP contribution in [0.1, 0.15) is 6.92 Å². The number of esters is 1. The van der Waals surface area contributed by atoms with Crippen LogP contribution in [0.5, 0.6) is 0 Å². The van der Waals surface area contributed by atoms with E-state index in [1.54, 1.807) is 0 Å². The first-order valence-corrected chi connectivity index (χ1v) is 4.68. The molecule has 0 amide bonds. The van der Waals surface area contributed by atoms with Gasteiger partial charge in [-0.25, -0.2) is 0 Å². The normalized spacial score (nSPS) is 15.4. The molecule has 0 fully saturated rings. The van der Waals surface area contributed by atoms with Gasteiger partial charge in [0.1, 0.15) is 6.04 Å². The maximum atomic E-state index is 12.4. The Balaban J connectivity index is 5.24. The average molecular weight is 249 g/mol. The van der Waals surface area contributed by atoms with Gasteiger partial charge >= 0.3 is 12.1 Å². The zero-order chi connectivity index (χ0) is 13.6. The topological polar surface area (TPSA) is 52.3 Å². The molecule has 1 unspecified atom stereocenters. The number of hydrogen-bond donors (Lipinski definition) is 1. The summed E-state index contributed by atoms with van der Waals surface area (Å²) < 4.78 is 41.7. The fourth-order valence-electron chi connectivity index (χ4n) is 1.05. The average Bonchev–Trinajstić information content (AvgIpc) is 2.27. The van der Waals surface area contributed by atoms with E-state index in [0.717, 1.165) is 13.2 Å². The van der Waals surface area contributed by atoms with Gasteiger partial charge < -0.3 is 10.5 Å². The molecule has 0 radical (unpaired) electrons. The van der Waals surface area contributed by atoms with E-state index < -0.39 is 23.8 Å². The summed E-state index contributed by atoms with van der Waals surface area (Å²) in [5.74, 6) is -0.806. The standard InChI is InChI=1S/C11H14F3NO2/c1-4-7(9(15)10(16)17-3)6-8(5-2)11(12,13)14/h4-6,9H,2,15H2,1,3H3/b7-4+,8-6+. The van der Waals surface area contributed by atoms with Crippen molar-refractivity contribution in [1.29, 1.82) is 0 Å². The Morgan fingerprint density at radius 3 is 2.29 bits per heavy atom. The molecule has 0 saturated carbocycles. The molecular weight excluding hydrogens is 235 g/mol. The molecule has 0 aromatic rings. The first-order valence-electron chi connectivity index (χ1n) is 4.68. The van der Waals surface area contributed by atoms with Crippen LogP contribution >= 0.6 is 0 Å². The molecular formula is C11H14F3NO2. The van der Waals surface area contributed by atoms with Gasteiger partial charge in [-0.15, -0.1) is 0 Å². The third kappa shape index (κ3) is 4.44. The summed E-state index contributed by atoms with van der Waals surface area (Å²) >= 11 is 0. The van der Waals surface area contributed by atoms with E-state index >= 15 is 0 Å². The Bertz CT molecular complexity index is 356. The third-order valence-corrected chi connectivity index (χ3v) is 2.02. The summed E-state index contributed by atoms with van der Waals surface area (Å²) in [5.41, 5.74) is 4.49. The van der Waals surface area contributed by atoms with Crippen molar-refractivity contribution in [3.05, 3.63) is 36.0 Å². The quantitative estimate of drug-likeness (QED) is 0.613. The van der Waals surface area contributed by atoms with Crippen molar-refractivity contribution in [3.63, 3.8) is 0 Å². The molecule has 6 heteroatoms. The van der Waals surface area contributed by atoms with Crippen LogP contribution in [-0.4, -0.2) is 25.3 Å². The highest BCUT2D eigenvalue weighted by Gasteiger charge is 2.32. The van der Waals surface area contributed by atoms with Gasteiger partial charge in [-0.3, -0.25) is 4.79 Å². The van der Waals surface area contributed by atoms with Gasteiger partial charge in [0.15, 0.2) is 0 Å². The molecule has 0 saturated heterocycles. The summed E-state index contributed by atoms with van der Waals surface area (Å²) in [6, 6.07) is -1.25. The van der Waals surface area contributed by atoms with Crippen molar-refractivity contribution >= 4 is 5.97 Å². The fourth-order valence-corrected chi connectivity index (χ4v) is 1.05. The number of rotatable bonds is 4. The molecule has 96 valence electrons. The van der Waals surface area contributed by atoms with Gasteiger partial charge in [-0.2, -0.15) is 13.2 Å². The highest BCUT2D eigenvalue weighted by Crippen LogP contribution is 2.27. The van der Waals surface area contributed by atoms with E-state index in [9.17, 15) is 18.0 Å². The smallest absolute Gasteiger partial charge is 0.416 e. The zero-order valence-electron chi connectivity index (χ0n) is 9.54. The molecule has 2 N–H and O–H groups in total. The second-order valence-electron chi connectivity index (χ2n) is 3.09. The SMILES string of the molecule is C=C/C(=C\C(=C/C)C(N)C(=O)OC)C(F)(F)F. The Morgan fingerprint density at radius 2 is 2.00 bits per heavy atom. The summed E-state index contributed by atoms with van der Waals surface area (Å²) in [4.78, 5) is 11.1. The highest BCUT2D eigenvalue weighted by atomic mass is 19.4. The van der Waals surface area contributed by atoms with Crippen LogP contribution in [0.25, 0.3) is 0 Å². The first kappa shape index (κ1) is 15.4. The van der Waals surface area contributed by atoms with Gasteiger partial charge in [0.25, 0.3) is 0 Å². The molecule has 0 aliphatic carbocycles. The molecule has 0 spiro atoms. The second kappa shape index (κ2) is 6.24. The third-order valence-electron chi connectivity index (χ3n) is 2.02. The first-order chi connectivity index (χ1) is 7.77. The minimum absolute atomic E-state index is 0.0177. The molecule has 0 aliphatic heterocycles. The molecule has 0 aromatic heterocycles. The lowest BCUT2D eigenvalue weighted by Gasteiger charge is -2.13. The molecule has 0 aromatic carbocycles. The van der Waals surface area contributed by atoms with Crippen molar-refractivity contribution in [1.82, 2.24) is 0 Å². The number of nitrogens with two attached hydrogens (primary N) is 1. The summed E-state index contributed by atoms with van der Waals surface area (Å²) in [6.07, 6.45) is -1.79. The van der Waals surface area contributed by atoms with Crippen LogP contribution < -0.4 is 5.73 Å². The van der Waals surface area contributed by atoms with Crippen LogP contribution in [0.15, 0.2) is 36.0 Å². The van der Waals surface area contributed by atoms with Crippen molar-refractivity contribution in [2.24, 2.45) is 5.73 Å². The van der Waals surface area contributed by atoms with E-state index in [0.29, 0.717) is 6.08 Å². The molecule has 0 heterocycles. The van der Waals surface area contributed by atoms with E-state index in [1.165, 1.54) is 13.0 Å². The van der Waals surface area contributed by atoms with E-state index in [4.69, 9.17) is 5.73 Å². The van der Waals surface area contributed by atoms with Gasteiger partial charge in [-0.05, 0) is 18.6 Å². The Labute approximate surface area is 97.4 Å². The largest absolute Gasteiger partial charge is 0.468 e. The molecule has 0 rings (SSSR count). The predicted octanol–water partition coefficient (Wildman–Crippen LogP) is 2.11. The van der Waals surface area contributed by atoms with Crippen LogP contribution in [0.3, 0.4) is 0 Å². The van der Waals surface area contributed by atoms with Crippen LogP contribution in [0.4, 0.5) is 13.2 Å². The Kier molecular flexibility index (Phi) is 5.67. The molecule has 0 aliphatic rings. The van der Waals surface area contributed by atoms with E-state index in [2.05, 4.69) is 11.3 Å². The van der Waals surface area contributed by atoms with E-state index in [-0.39, 0.29) is 5.57 Å². The fraction of sp³-hybridized carbons (Fsp3) is 0.364. The summed E-state index contributed by atoms with van der Waals surface area (Å²) in [7, 11) is 1.11. The maximum absolute atomic E-state index is 12.4. The van der Waals surface area contributed by atoms with Crippen molar-refractivity contribution < 1.29 is 22.7 Å². The minimum Gasteiger partial charge on any atom is -0.468 e. The summed E-state index contributed by atoms with van der Waals surface area (Å²) in [6.45, 7) is 4.54. The number of ether oxygens (including phenoxy) is 1. The van der Waals surface area contributed by atoms with Crippen LogP contribution in [0, 0.1) is 0 Å². The Morgan fingerprint density at radius 1 is 1.47 bits per heavy atom. The van der Waals surface area contributed by atoms with Gasteiger partial charge in [-0.1, -0.05) is 18.7 Å². The van der Waals surface area contributed by atoms with Gasteiger partial charge in [0.05, 0.1) is 12.7 Å². The molecule has 3 nitrogen and oxygen atoms in total. The molecule has 1 atom stereocenters. The Hall–Kier alpha value is -1.56. The lowest BCUT2D eigenvalue weighted by Crippen LogP contribution is -2.33. The lowest BCUT2D eigenvalue weighted by molar-refractivity contribution is -0.141. The summed E-state index contributed by atoms with van der Waals surface area (Å²) in [5, 5.41) is 0. The van der Waals surface area contributed by atoms with Crippen molar-refractivity contribution in [3.8, 4) is 0 Å². The number of alkyl halides is 3. The molecule has 17 heavy (non-hydrogen) atoms. The number of methoxy groups -OCH3 is 1. The molecule has 0 bridgehead atoms. The zero-order valence-corrected chi connectivity index (χ0v) is 9.54. The highest BCUT2D eigenvalue weighted by molar-refractivity contribution is 5.80. The number of carbonyl (C=O) groups is 1. The number of allylic oxidation sites excluding steroid dienone is 3. The number of halogens is 3. The van der Waals surface area contributed by atoms with Crippen molar-refractivity contribution in [2.75, 3.05) is 7.11 Å². The van der Waals surface area contributed by atoms with Crippen LogP contribution in [0.2, 0.25) is 0 Å². The van der Waals surface area contributed by atoms with E-state index in [1.807, 2.05) is 0 Å². The van der Waals surface area contributed by atoms with Crippen LogP contribution in [-0.2, 0) is 9.53 Å². The number of hydrogen-bond acceptors (Lipinski definition) is 3. The minimum atomic E-state index is -4.54. The predicted molar refractivity (Wildman–Crippen MR) is 58.1 cm³/mol. The number of carbonyl (C=O) groups excluding carboxylic acids is 1. The van der Waals surface area contributed by atoms with Gasteiger partial charge in [0.2, 0.25) is 0 Å².